The maximum Gasteiger partial charge on any atom is 0.241 e. The third-order valence-corrected chi connectivity index (χ3v) is 7.88. The topological polar surface area (TPSA) is 92.3 Å². The van der Waals surface area contributed by atoms with E-state index in [1.165, 1.54) is 22.7 Å². The highest BCUT2D eigenvalue weighted by atomic mass is 32.2. The predicted molar refractivity (Wildman–Crippen MR) is 112 cm³/mol. The van der Waals surface area contributed by atoms with Crippen molar-refractivity contribution in [1.82, 2.24) is 19.6 Å². The lowest BCUT2D eigenvalue weighted by Crippen LogP contribution is -2.38. The normalized spacial score (nSPS) is 14.0. The van der Waals surface area contributed by atoms with Crippen molar-refractivity contribution < 1.29 is 13.2 Å². The Bertz CT molecular complexity index is 1110. The van der Waals surface area contributed by atoms with Crippen LogP contribution in [0.1, 0.15) is 28.1 Å². The van der Waals surface area contributed by atoms with Crippen molar-refractivity contribution in [1.29, 1.82) is 0 Å². The number of aromatic nitrogens is 2. The number of fused-ring (bicyclic) bond motifs is 1. The van der Waals surface area contributed by atoms with E-state index < -0.39 is 10.0 Å². The number of nitrogens with one attached hydrogen (secondary N) is 1. The molecule has 3 aromatic heterocycles. The molecule has 0 saturated carbocycles. The van der Waals surface area contributed by atoms with E-state index in [1.54, 1.807) is 28.5 Å². The number of hydrogen-bond acceptors (Lipinski definition) is 7. The first-order valence-corrected chi connectivity index (χ1v) is 12.4. The van der Waals surface area contributed by atoms with Crippen molar-refractivity contribution in [2.24, 2.45) is 0 Å². The van der Waals surface area contributed by atoms with Gasteiger partial charge in [0.1, 0.15) is 0 Å². The van der Waals surface area contributed by atoms with Gasteiger partial charge in [-0.2, -0.15) is 11.3 Å². The lowest BCUT2D eigenvalue weighted by molar-refractivity contribution is -0.131. The summed E-state index contributed by atoms with van der Waals surface area (Å²) in [4.78, 5) is 23.3. The number of rotatable bonds is 6. The van der Waals surface area contributed by atoms with Crippen LogP contribution in [0.5, 0.6) is 0 Å². The maximum absolute atomic E-state index is 12.6. The summed E-state index contributed by atoms with van der Waals surface area (Å²) in [6, 6.07) is 1.59. The first-order chi connectivity index (χ1) is 13.9. The Morgan fingerprint density at radius 3 is 2.86 bits per heavy atom. The van der Waals surface area contributed by atoms with Gasteiger partial charge in [-0.05, 0) is 41.5 Å². The van der Waals surface area contributed by atoms with Gasteiger partial charge in [0, 0.05) is 42.3 Å². The van der Waals surface area contributed by atoms with Gasteiger partial charge in [0.2, 0.25) is 15.9 Å². The second kappa shape index (κ2) is 8.31. The third-order valence-electron chi connectivity index (χ3n) is 5.01. The largest absolute Gasteiger partial charge is 0.338 e. The molecule has 0 radical (unpaired) electrons. The Labute approximate surface area is 177 Å². The highest BCUT2D eigenvalue weighted by Gasteiger charge is 2.25. The van der Waals surface area contributed by atoms with Crippen molar-refractivity contribution >= 4 is 38.6 Å². The summed E-state index contributed by atoms with van der Waals surface area (Å²) in [6.45, 7) is 3.15. The van der Waals surface area contributed by atoms with Gasteiger partial charge in [-0.3, -0.25) is 9.78 Å². The molecule has 0 saturated heterocycles. The van der Waals surface area contributed by atoms with E-state index in [1.807, 2.05) is 17.2 Å². The van der Waals surface area contributed by atoms with Gasteiger partial charge in [-0.25, -0.2) is 18.1 Å². The van der Waals surface area contributed by atoms with Crippen LogP contribution in [0.4, 0.5) is 0 Å². The average Bonchev–Trinajstić information content (AvgIpc) is 3.41. The smallest absolute Gasteiger partial charge is 0.241 e. The number of hydrogen-bond donors (Lipinski definition) is 1. The van der Waals surface area contributed by atoms with Crippen molar-refractivity contribution in [2.45, 2.75) is 37.8 Å². The van der Waals surface area contributed by atoms with Gasteiger partial charge >= 0.3 is 0 Å². The van der Waals surface area contributed by atoms with Crippen LogP contribution in [0, 0.1) is 6.92 Å². The summed E-state index contributed by atoms with van der Waals surface area (Å²) in [6.07, 6.45) is 2.77. The van der Waals surface area contributed by atoms with Gasteiger partial charge in [0.15, 0.2) is 0 Å². The van der Waals surface area contributed by atoms with Crippen LogP contribution in [0.15, 0.2) is 38.8 Å². The molecule has 10 heteroatoms. The molecule has 1 aliphatic rings. The fourth-order valence-corrected chi connectivity index (χ4v) is 6.00. The maximum atomic E-state index is 12.6. The van der Waals surface area contributed by atoms with Gasteiger partial charge in [-0.15, -0.1) is 11.3 Å². The lowest BCUT2D eigenvalue weighted by atomic mass is 9.95. The molecular formula is C19H20N4O3S3. The van der Waals surface area contributed by atoms with Crippen LogP contribution < -0.4 is 4.72 Å². The van der Waals surface area contributed by atoms with Crippen LogP contribution in [0.3, 0.4) is 0 Å². The second-order valence-electron chi connectivity index (χ2n) is 6.83. The first kappa shape index (κ1) is 20.1. The fourth-order valence-electron chi connectivity index (χ4n) is 3.42. The SMILES string of the molecule is Cc1ncc2c(c1CNS(=O)(=O)c1ccsc1)CCN(C(=O)Cc1cscn1)C2. The van der Waals surface area contributed by atoms with E-state index in [-0.39, 0.29) is 17.3 Å². The quantitative estimate of drug-likeness (QED) is 0.626. The fraction of sp³-hybridized carbons (Fsp3) is 0.316. The number of sulfonamides is 1. The number of carbonyl (C=O) groups excluding carboxylic acids is 1. The predicted octanol–water partition coefficient (Wildman–Crippen LogP) is 2.51. The molecule has 0 spiro atoms. The Morgan fingerprint density at radius 2 is 2.14 bits per heavy atom. The Balaban J connectivity index is 1.50. The molecule has 0 bridgehead atoms. The molecule has 29 heavy (non-hydrogen) atoms. The van der Waals surface area contributed by atoms with E-state index in [9.17, 15) is 13.2 Å². The van der Waals surface area contributed by atoms with E-state index in [0.29, 0.717) is 25.9 Å². The van der Waals surface area contributed by atoms with Crippen LogP contribution >= 0.6 is 22.7 Å². The molecule has 152 valence electrons. The summed E-state index contributed by atoms with van der Waals surface area (Å²) >= 11 is 2.82. The molecule has 4 rings (SSSR count). The Kier molecular flexibility index (Phi) is 5.77. The minimum atomic E-state index is -3.55. The lowest BCUT2D eigenvalue weighted by Gasteiger charge is -2.30. The highest BCUT2D eigenvalue weighted by Crippen LogP contribution is 2.25. The minimum Gasteiger partial charge on any atom is -0.338 e. The number of thiophene rings is 1. The molecule has 0 fully saturated rings. The number of thiazole rings is 1. The van der Waals surface area contributed by atoms with Crippen LogP contribution in [-0.2, 0) is 40.7 Å². The zero-order valence-corrected chi connectivity index (χ0v) is 18.2. The second-order valence-corrected chi connectivity index (χ2v) is 10.1. The van der Waals surface area contributed by atoms with Crippen molar-refractivity contribution in [3.05, 3.63) is 62.0 Å². The summed E-state index contributed by atoms with van der Waals surface area (Å²) < 4.78 is 27.6. The number of amides is 1. The molecule has 0 aliphatic carbocycles. The monoisotopic (exact) mass is 448 g/mol. The van der Waals surface area contributed by atoms with E-state index in [2.05, 4.69) is 14.7 Å². The van der Waals surface area contributed by atoms with Crippen molar-refractivity contribution in [3.8, 4) is 0 Å². The number of carbonyl (C=O) groups is 1. The number of aryl methyl sites for hydroxylation is 1. The average molecular weight is 449 g/mol. The molecule has 4 heterocycles. The standard InChI is InChI=1S/C19H20N4O3S3/c1-13-18(8-22-29(25,26)16-3-5-27-11-16)17-2-4-23(9-14(17)7-20-13)19(24)6-15-10-28-12-21-15/h3,5,7,10-12,22H,2,4,6,8-9H2,1H3. The first-order valence-electron chi connectivity index (χ1n) is 9.07. The molecular weight excluding hydrogens is 428 g/mol. The van der Waals surface area contributed by atoms with E-state index >= 15 is 0 Å². The highest BCUT2D eigenvalue weighted by molar-refractivity contribution is 7.89. The molecule has 1 aliphatic heterocycles. The summed E-state index contributed by atoms with van der Waals surface area (Å²) in [7, 11) is -3.55. The van der Waals surface area contributed by atoms with Crippen LogP contribution in [0.2, 0.25) is 0 Å². The van der Waals surface area contributed by atoms with Gasteiger partial charge in [0.05, 0.1) is 22.5 Å². The molecule has 1 N–H and O–H groups in total. The molecule has 3 aromatic rings. The number of pyridine rings is 1. The van der Waals surface area contributed by atoms with Crippen molar-refractivity contribution in [3.63, 3.8) is 0 Å². The molecule has 0 atom stereocenters. The van der Waals surface area contributed by atoms with Gasteiger partial charge in [-0.1, -0.05) is 0 Å². The molecule has 0 aromatic carbocycles. The Hall–Kier alpha value is -2.14. The molecule has 0 unspecified atom stereocenters. The van der Waals surface area contributed by atoms with Gasteiger partial charge < -0.3 is 4.90 Å². The number of nitrogens with zero attached hydrogens (tertiary/aromatic N) is 3. The summed E-state index contributed by atoms with van der Waals surface area (Å²) in [5.41, 5.74) is 6.27. The zero-order valence-electron chi connectivity index (χ0n) is 15.8. The molecule has 7 nitrogen and oxygen atoms in total. The van der Waals surface area contributed by atoms with Crippen molar-refractivity contribution in [2.75, 3.05) is 6.54 Å². The summed E-state index contributed by atoms with van der Waals surface area (Å²) in [5, 5.41) is 5.24. The van der Waals surface area contributed by atoms with Gasteiger partial charge in [0.25, 0.3) is 0 Å². The molecule has 1 amide bonds. The van der Waals surface area contributed by atoms with Crippen LogP contribution in [0.25, 0.3) is 0 Å². The van der Waals surface area contributed by atoms with E-state index in [4.69, 9.17) is 0 Å². The Morgan fingerprint density at radius 1 is 1.28 bits per heavy atom. The van der Waals surface area contributed by atoms with E-state index in [0.717, 1.165) is 28.1 Å². The van der Waals surface area contributed by atoms with Crippen LogP contribution in [-0.4, -0.2) is 35.7 Å². The minimum absolute atomic E-state index is 0.0434. The third kappa shape index (κ3) is 4.40. The zero-order chi connectivity index (χ0) is 20.4. The summed E-state index contributed by atoms with van der Waals surface area (Å²) in [5.74, 6) is 0.0434.